The number of rotatable bonds is 4. The van der Waals surface area contributed by atoms with Crippen LogP contribution in [0.4, 0.5) is 0 Å². The number of ether oxygens (including phenoxy) is 3. The number of hydrogen-bond acceptors (Lipinski definition) is 5. The fourth-order valence-electron chi connectivity index (χ4n) is 3.99. The lowest BCUT2D eigenvalue weighted by atomic mass is 9.95. The van der Waals surface area contributed by atoms with Crippen LogP contribution in [-0.4, -0.2) is 34.5 Å². The Hall–Kier alpha value is -2.86. The van der Waals surface area contributed by atoms with Crippen molar-refractivity contribution in [2.24, 2.45) is 5.92 Å². The number of nitrogens with zero attached hydrogens (tertiary/aromatic N) is 3. The predicted molar refractivity (Wildman–Crippen MR) is 99.8 cm³/mol. The highest BCUT2D eigenvalue weighted by atomic mass is 16.7. The van der Waals surface area contributed by atoms with E-state index in [1.165, 1.54) is 5.56 Å². The molecule has 0 unspecified atom stereocenters. The van der Waals surface area contributed by atoms with Gasteiger partial charge >= 0.3 is 0 Å². The second-order valence-electron chi connectivity index (χ2n) is 7.10. The Kier molecular flexibility index (Phi) is 4.05. The summed E-state index contributed by atoms with van der Waals surface area (Å²) in [6, 6.07) is 8.46. The number of fused-ring (bicyclic) bond motifs is 1. The number of benzene rings is 1. The van der Waals surface area contributed by atoms with E-state index in [-0.39, 0.29) is 12.8 Å². The largest absolute Gasteiger partial charge is 0.454 e. The van der Waals surface area contributed by atoms with Crippen molar-refractivity contribution in [3.8, 4) is 22.9 Å². The van der Waals surface area contributed by atoms with Crippen LogP contribution in [0.3, 0.4) is 0 Å². The van der Waals surface area contributed by atoms with Crippen molar-refractivity contribution in [1.82, 2.24) is 14.5 Å². The van der Waals surface area contributed by atoms with E-state index < -0.39 is 0 Å². The Balaban J connectivity index is 1.48. The molecule has 0 bridgehead atoms. The van der Waals surface area contributed by atoms with Crippen molar-refractivity contribution in [2.45, 2.75) is 19.4 Å². The minimum Gasteiger partial charge on any atom is -0.454 e. The molecule has 0 amide bonds. The van der Waals surface area contributed by atoms with Crippen LogP contribution in [-0.2, 0) is 11.2 Å². The van der Waals surface area contributed by atoms with Crippen LogP contribution in [0.2, 0.25) is 0 Å². The molecule has 1 saturated heterocycles. The quantitative estimate of drug-likeness (QED) is 0.711. The van der Waals surface area contributed by atoms with E-state index in [1.807, 2.05) is 30.7 Å². The van der Waals surface area contributed by atoms with Crippen LogP contribution in [0.15, 0.2) is 49.1 Å². The minimum absolute atomic E-state index is 0.250. The van der Waals surface area contributed by atoms with E-state index >= 15 is 0 Å². The summed E-state index contributed by atoms with van der Waals surface area (Å²) in [6.07, 6.45) is 8.57. The topological polar surface area (TPSA) is 58.4 Å². The maximum absolute atomic E-state index is 5.85. The van der Waals surface area contributed by atoms with Crippen LogP contribution in [0, 0.1) is 12.8 Å². The van der Waals surface area contributed by atoms with E-state index in [4.69, 9.17) is 14.2 Å². The maximum Gasteiger partial charge on any atom is 0.231 e. The number of aromatic nitrogens is 3. The van der Waals surface area contributed by atoms with E-state index in [2.05, 4.69) is 39.8 Å². The van der Waals surface area contributed by atoms with Crippen molar-refractivity contribution in [2.75, 3.05) is 20.0 Å². The molecule has 1 fully saturated rings. The van der Waals surface area contributed by atoms with Gasteiger partial charge in [0, 0.05) is 36.3 Å². The van der Waals surface area contributed by atoms with Gasteiger partial charge in [0.25, 0.3) is 0 Å². The molecule has 2 aromatic heterocycles. The van der Waals surface area contributed by atoms with Gasteiger partial charge in [0.05, 0.1) is 19.3 Å². The molecule has 0 saturated carbocycles. The summed E-state index contributed by atoms with van der Waals surface area (Å²) in [4.78, 5) is 8.77. The van der Waals surface area contributed by atoms with Crippen molar-refractivity contribution in [3.05, 3.63) is 60.2 Å². The van der Waals surface area contributed by atoms with Gasteiger partial charge in [0.1, 0.15) is 5.82 Å². The summed E-state index contributed by atoms with van der Waals surface area (Å²) < 4.78 is 19.2. The third-order valence-corrected chi connectivity index (χ3v) is 5.40. The molecule has 5 rings (SSSR count). The molecule has 2 atom stereocenters. The van der Waals surface area contributed by atoms with E-state index in [9.17, 15) is 0 Å². The Bertz CT molecular complexity index is 955. The first-order valence-electron chi connectivity index (χ1n) is 9.19. The third kappa shape index (κ3) is 2.96. The average molecular weight is 363 g/mol. The van der Waals surface area contributed by atoms with Gasteiger partial charge in [-0.15, -0.1) is 0 Å². The van der Waals surface area contributed by atoms with Gasteiger partial charge in [-0.25, -0.2) is 4.98 Å². The smallest absolute Gasteiger partial charge is 0.231 e. The fraction of sp³-hybridized carbons (Fsp3) is 0.333. The Morgan fingerprint density at radius 1 is 1.07 bits per heavy atom. The average Bonchev–Trinajstić information content (AvgIpc) is 3.41. The summed E-state index contributed by atoms with van der Waals surface area (Å²) in [6.45, 7) is 3.81. The summed E-state index contributed by atoms with van der Waals surface area (Å²) >= 11 is 0. The van der Waals surface area contributed by atoms with Gasteiger partial charge < -0.3 is 18.8 Å². The first-order chi connectivity index (χ1) is 13.3. The van der Waals surface area contributed by atoms with Crippen LogP contribution in [0.5, 0.6) is 11.5 Å². The molecule has 0 aliphatic carbocycles. The molecule has 3 aromatic rings. The monoisotopic (exact) mass is 363 g/mol. The molecule has 2 aliphatic heterocycles. The van der Waals surface area contributed by atoms with Crippen LogP contribution in [0.25, 0.3) is 11.4 Å². The van der Waals surface area contributed by atoms with Crippen molar-refractivity contribution >= 4 is 0 Å². The van der Waals surface area contributed by atoms with Crippen molar-refractivity contribution in [1.29, 1.82) is 0 Å². The Morgan fingerprint density at radius 3 is 2.74 bits per heavy atom. The first kappa shape index (κ1) is 16.3. The Morgan fingerprint density at radius 2 is 1.89 bits per heavy atom. The van der Waals surface area contributed by atoms with E-state index in [0.717, 1.165) is 41.5 Å². The van der Waals surface area contributed by atoms with Crippen LogP contribution >= 0.6 is 0 Å². The lowest BCUT2D eigenvalue weighted by Gasteiger charge is -2.22. The zero-order valence-corrected chi connectivity index (χ0v) is 15.2. The van der Waals surface area contributed by atoms with Crippen molar-refractivity contribution in [3.63, 3.8) is 0 Å². The van der Waals surface area contributed by atoms with Crippen molar-refractivity contribution < 1.29 is 14.2 Å². The predicted octanol–water partition coefficient (Wildman–Crippen LogP) is 3.41. The summed E-state index contributed by atoms with van der Waals surface area (Å²) in [5, 5.41) is 0. The second-order valence-corrected chi connectivity index (χ2v) is 7.10. The zero-order valence-electron chi connectivity index (χ0n) is 15.2. The number of pyridine rings is 1. The number of hydrogen-bond donors (Lipinski definition) is 0. The maximum atomic E-state index is 5.85. The van der Waals surface area contributed by atoms with Gasteiger partial charge in [0.15, 0.2) is 11.5 Å². The van der Waals surface area contributed by atoms with Crippen LogP contribution in [0.1, 0.15) is 17.2 Å². The molecular formula is C21H21N3O3. The summed E-state index contributed by atoms with van der Waals surface area (Å²) in [7, 11) is 0. The molecule has 6 nitrogen and oxygen atoms in total. The SMILES string of the molecule is Cc1cc2c(cc1-c1nccn1[C@@H]1COC[C@H]1Cc1ccncc1)OCO2. The molecule has 6 heteroatoms. The molecule has 2 aliphatic rings. The summed E-state index contributed by atoms with van der Waals surface area (Å²) in [5.74, 6) is 2.92. The highest BCUT2D eigenvalue weighted by molar-refractivity contribution is 5.66. The second kappa shape index (κ2) is 6.70. The van der Waals surface area contributed by atoms with Gasteiger partial charge in [-0.3, -0.25) is 4.98 Å². The molecular weight excluding hydrogens is 342 g/mol. The van der Waals surface area contributed by atoms with Gasteiger partial charge in [-0.05, 0) is 48.7 Å². The molecule has 27 heavy (non-hydrogen) atoms. The third-order valence-electron chi connectivity index (χ3n) is 5.40. The van der Waals surface area contributed by atoms with Gasteiger partial charge in [-0.1, -0.05) is 0 Å². The van der Waals surface area contributed by atoms with Crippen LogP contribution < -0.4 is 9.47 Å². The highest BCUT2D eigenvalue weighted by Crippen LogP contribution is 2.39. The van der Waals surface area contributed by atoms with E-state index in [1.54, 1.807) is 0 Å². The highest BCUT2D eigenvalue weighted by Gasteiger charge is 2.32. The molecule has 1 aromatic carbocycles. The molecule has 0 spiro atoms. The number of imidazole rings is 1. The molecule has 4 heterocycles. The van der Waals surface area contributed by atoms with E-state index in [0.29, 0.717) is 12.5 Å². The molecule has 0 N–H and O–H groups in total. The lowest BCUT2D eigenvalue weighted by Crippen LogP contribution is -2.20. The zero-order chi connectivity index (χ0) is 18.2. The standard InChI is InChI=1S/C21H21N3O3/c1-14-8-19-20(27-13-26-19)10-17(14)21-23-6-7-24(21)18-12-25-11-16(18)9-15-2-4-22-5-3-15/h2-8,10,16,18H,9,11-13H2,1H3/t16-,18-/m1/s1. The molecule has 138 valence electrons. The fourth-order valence-corrected chi connectivity index (χ4v) is 3.99. The first-order valence-corrected chi connectivity index (χ1v) is 9.19. The number of aryl methyl sites for hydroxylation is 1. The van der Waals surface area contributed by atoms with Gasteiger partial charge in [-0.2, -0.15) is 0 Å². The lowest BCUT2D eigenvalue weighted by molar-refractivity contribution is 0.174. The van der Waals surface area contributed by atoms with Gasteiger partial charge in [0.2, 0.25) is 6.79 Å². The normalized spacial score (nSPS) is 20.9. The Labute approximate surface area is 157 Å². The minimum atomic E-state index is 0.250. The summed E-state index contributed by atoms with van der Waals surface area (Å²) in [5.41, 5.74) is 3.47. The molecule has 0 radical (unpaired) electrons.